The molecule has 0 aliphatic carbocycles. The van der Waals surface area contributed by atoms with E-state index < -0.39 is 12.8 Å². The van der Waals surface area contributed by atoms with Gasteiger partial charge in [-0.05, 0) is 23.8 Å². The number of ether oxygens (including phenoxy) is 2. The molecule has 6 heteroatoms. The van der Waals surface area contributed by atoms with Crippen LogP contribution in [0.15, 0.2) is 48.5 Å². The van der Waals surface area contributed by atoms with Crippen LogP contribution in [0.4, 0.5) is 13.2 Å². The highest BCUT2D eigenvalue weighted by molar-refractivity contribution is 5.34. The summed E-state index contributed by atoms with van der Waals surface area (Å²) in [7, 11) is 0. The zero-order valence-electron chi connectivity index (χ0n) is 13.1. The molecule has 0 aromatic heterocycles. The van der Waals surface area contributed by atoms with Crippen LogP contribution in [0.3, 0.4) is 0 Å². The molecule has 3 nitrogen and oxygen atoms in total. The highest BCUT2D eigenvalue weighted by atomic mass is 19.4. The monoisotopic (exact) mass is 337 g/mol. The molecular formula is C18H18F3NO2. The van der Waals surface area contributed by atoms with Crippen molar-refractivity contribution in [2.24, 2.45) is 0 Å². The van der Waals surface area contributed by atoms with Gasteiger partial charge in [-0.2, -0.15) is 13.2 Å². The second-order valence-corrected chi connectivity index (χ2v) is 5.72. The van der Waals surface area contributed by atoms with Crippen molar-refractivity contribution >= 4 is 0 Å². The predicted octanol–water partition coefficient (Wildman–Crippen LogP) is 4.02. The Balaban J connectivity index is 1.65. The minimum absolute atomic E-state index is 0.233. The molecule has 128 valence electrons. The molecule has 0 amide bonds. The van der Waals surface area contributed by atoms with Crippen molar-refractivity contribution in [3.63, 3.8) is 0 Å². The van der Waals surface area contributed by atoms with E-state index in [4.69, 9.17) is 9.47 Å². The maximum atomic E-state index is 12.3. The third-order valence-corrected chi connectivity index (χ3v) is 3.74. The highest BCUT2D eigenvalue weighted by Crippen LogP contribution is 2.24. The number of halogens is 3. The normalized spacial score (nSPS) is 15.3. The zero-order chi connectivity index (χ0) is 17.0. The molecule has 1 aliphatic heterocycles. The first-order valence-electron chi connectivity index (χ1n) is 7.71. The van der Waals surface area contributed by atoms with Crippen molar-refractivity contribution in [2.45, 2.75) is 19.3 Å². The number of rotatable bonds is 4. The van der Waals surface area contributed by atoms with E-state index in [9.17, 15) is 13.2 Å². The van der Waals surface area contributed by atoms with Crippen LogP contribution in [-0.2, 0) is 13.1 Å². The molecule has 2 aromatic carbocycles. The molecule has 0 spiro atoms. The van der Waals surface area contributed by atoms with Crippen molar-refractivity contribution in [1.82, 2.24) is 4.90 Å². The van der Waals surface area contributed by atoms with Gasteiger partial charge in [-0.1, -0.05) is 30.3 Å². The summed E-state index contributed by atoms with van der Waals surface area (Å²) in [6, 6.07) is 14.7. The molecule has 0 atom stereocenters. The lowest BCUT2D eigenvalue weighted by molar-refractivity contribution is -0.153. The fraction of sp³-hybridized carbons (Fsp3) is 0.333. The summed E-state index contributed by atoms with van der Waals surface area (Å²) < 4.78 is 47.3. The second-order valence-electron chi connectivity index (χ2n) is 5.72. The van der Waals surface area contributed by atoms with Gasteiger partial charge in [-0.3, -0.25) is 4.90 Å². The molecule has 3 rings (SSSR count). The van der Waals surface area contributed by atoms with Gasteiger partial charge in [0.15, 0.2) is 6.61 Å². The highest BCUT2D eigenvalue weighted by Gasteiger charge is 2.28. The molecular weight excluding hydrogens is 319 g/mol. The van der Waals surface area contributed by atoms with E-state index >= 15 is 0 Å². The van der Waals surface area contributed by atoms with Crippen LogP contribution in [0.25, 0.3) is 0 Å². The van der Waals surface area contributed by atoms with Crippen LogP contribution in [0.2, 0.25) is 0 Å². The average Bonchev–Trinajstić information content (AvgIpc) is 2.74. The number of alkyl halides is 3. The van der Waals surface area contributed by atoms with Crippen molar-refractivity contribution < 1.29 is 22.6 Å². The molecule has 0 saturated heterocycles. The smallest absolute Gasteiger partial charge is 0.422 e. The van der Waals surface area contributed by atoms with Crippen molar-refractivity contribution in [1.29, 1.82) is 0 Å². The Morgan fingerprint density at radius 2 is 1.92 bits per heavy atom. The summed E-state index contributed by atoms with van der Waals surface area (Å²) in [5.74, 6) is 1.12. The standard InChI is InChI=1S/C18H18F3NO2/c19-18(20,21)13-24-16-6-3-4-14(10-16)11-22-8-9-23-17-7-2-1-5-15(17)12-22/h1-7,10H,8-9,11-13H2. The van der Waals surface area contributed by atoms with E-state index in [0.717, 1.165) is 30.0 Å². The molecule has 0 radical (unpaired) electrons. The molecule has 24 heavy (non-hydrogen) atoms. The number of benzene rings is 2. The largest absolute Gasteiger partial charge is 0.492 e. The average molecular weight is 337 g/mol. The fourth-order valence-electron chi connectivity index (χ4n) is 2.67. The Morgan fingerprint density at radius 3 is 2.75 bits per heavy atom. The van der Waals surface area contributed by atoms with Gasteiger partial charge in [0.2, 0.25) is 0 Å². The van der Waals surface area contributed by atoms with Gasteiger partial charge in [0.1, 0.15) is 18.1 Å². The fourth-order valence-corrected chi connectivity index (χ4v) is 2.67. The Bertz CT molecular complexity index is 688. The van der Waals surface area contributed by atoms with Crippen LogP contribution in [0.1, 0.15) is 11.1 Å². The SMILES string of the molecule is FC(F)(F)COc1cccc(CN2CCOc3ccccc3C2)c1. The number of para-hydroxylation sites is 1. The molecule has 2 aromatic rings. The summed E-state index contributed by atoms with van der Waals surface area (Å²) in [5.41, 5.74) is 2.02. The third-order valence-electron chi connectivity index (χ3n) is 3.74. The van der Waals surface area contributed by atoms with Gasteiger partial charge in [-0.25, -0.2) is 0 Å². The number of nitrogens with zero attached hydrogens (tertiary/aromatic N) is 1. The molecule has 0 fully saturated rings. The van der Waals surface area contributed by atoms with Gasteiger partial charge in [0.25, 0.3) is 0 Å². The lowest BCUT2D eigenvalue weighted by Gasteiger charge is -2.20. The van der Waals surface area contributed by atoms with Crippen LogP contribution in [0, 0.1) is 0 Å². The zero-order valence-corrected chi connectivity index (χ0v) is 13.1. The summed E-state index contributed by atoms with van der Waals surface area (Å²) in [4.78, 5) is 2.20. The number of hydrogen-bond acceptors (Lipinski definition) is 3. The Hall–Kier alpha value is -2.21. The van der Waals surface area contributed by atoms with E-state index in [1.54, 1.807) is 12.1 Å². The summed E-state index contributed by atoms with van der Waals surface area (Å²) in [6.07, 6.45) is -4.33. The van der Waals surface area contributed by atoms with Crippen LogP contribution < -0.4 is 9.47 Å². The first-order valence-corrected chi connectivity index (χ1v) is 7.71. The Kier molecular flexibility index (Phi) is 4.94. The van der Waals surface area contributed by atoms with E-state index in [-0.39, 0.29) is 5.75 Å². The maximum Gasteiger partial charge on any atom is 0.422 e. The quantitative estimate of drug-likeness (QED) is 0.841. The Labute approximate surface area is 138 Å². The van der Waals surface area contributed by atoms with Gasteiger partial charge in [0, 0.05) is 25.2 Å². The van der Waals surface area contributed by atoms with Gasteiger partial charge in [0.05, 0.1) is 0 Å². The lowest BCUT2D eigenvalue weighted by Crippen LogP contribution is -2.25. The lowest BCUT2D eigenvalue weighted by atomic mass is 10.1. The topological polar surface area (TPSA) is 21.7 Å². The molecule has 0 saturated carbocycles. The maximum absolute atomic E-state index is 12.3. The molecule has 0 bridgehead atoms. The minimum atomic E-state index is -4.33. The molecule has 0 N–H and O–H groups in total. The van der Waals surface area contributed by atoms with Gasteiger partial charge < -0.3 is 9.47 Å². The van der Waals surface area contributed by atoms with Crippen molar-refractivity contribution in [3.8, 4) is 11.5 Å². The van der Waals surface area contributed by atoms with E-state index in [1.807, 2.05) is 30.3 Å². The van der Waals surface area contributed by atoms with Crippen LogP contribution in [-0.4, -0.2) is 30.8 Å². The minimum Gasteiger partial charge on any atom is -0.492 e. The van der Waals surface area contributed by atoms with E-state index in [2.05, 4.69) is 4.90 Å². The first kappa shape index (κ1) is 16.6. The number of hydrogen-bond donors (Lipinski definition) is 0. The summed E-state index contributed by atoms with van der Waals surface area (Å²) in [6.45, 7) is 1.43. The van der Waals surface area contributed by atoms with Crippen LogP contribution in [0.5, 0.6) is 11.5 Å². The first-order chi connectivity index (χ1) is 11.5. The van der Waals surface area contributed by atoms with Gasteiger partial charge in [-0.15, -0.1) is 0 Å². The van der Waals surface area contributed by atoms with Crippen molar-refractivity contribution in [3.05, 3.63) is 59.7 Å². The Morgan fingerprint density at radius 1 is 1.08 bits per heavy atom. The molecule has 0 unspecified atom stereocenters. The van der Waals surface area contributed by atoms with Crippen molar-refractivity contribution in [2.75, 3.05) is 19.8 Å². The summed E-state index contributed by atoms with van der Waals surface area (Å²) in [5, 5.41) is 0. The van der Waals surface area contributed by atoms with Crippen LogP contribution >= 0.6 is 0 Å². The predicted molar refractivity (Wildman–Crippen MR) is 84.0 cm³/mol. The van der Waals surface area contributed by atoms with E-state index in [1.165, 1.54) is 6.07 Å². The second kappa shape index (κ2) is 7.13. The van der Waals surface area contributed by atoms with E-state index in [0.29, 0.717) is 13.2 Å². The van der Waals surface area contributed by atoms with Gasteiger partial charge >= 0.3 is 6.18 Å². The third kappa shape index (κ3) is 4.64. The molecule has 1 heterocycles. The number of fused-ring (bicyclic) bond motifs is 1. The molecule has 1 aliphatic rings. The summed E-state index contributed by atoms with van der Waals surface area (Å²) >= 11 is 0.